The van der Waals surface area contributed by atoms with Crippen LogP contribution in [-0.4, -0.2) is 0 Å². The number of halogens is 2. The van der Waals surface area contributed by atoms with E-state index < -0.39 is 0 Å². The monoisotopic (exact) mass is 280 g/mol. The Morgan fingerprint density at radius 1 is 1.11 bits per heavy atom. The van der Waals surface area contributed by atoms with Crippen molar-refractivity contribution in [2.24, 2.45) is 0 Å². The van der Waals surface area contributed by atoms with Gasteiger partial charge in [-0.2, -0.15) is 0 Å². The van der Waals surface area contributed by atoms with Gasteiger partial charge < -0.3 is 4.74 Å². The summed E-state index contributed by atoms with van der Waals surface area (Å²) in [6.45, 7) is 2.60. The third kappa shape index (κ3) is 3.41. The van der Waals surface area contributed by atoms with E-state index in [1.807, 2.05) is 30.3 Å². The van der Waals surface area contributed by atoms with Crippen LogP contribution in [0.1, 0.15) is 16.7 Å². The highest BCUT2D eigenvalue weighted by Crippen LogP contribution is 2.25. The van der Waals surface area contributed by atoms with Crippen LogP contribution in [0.5, 0.6) is 5.75 Å². The number of benzene rings is 2. The zero-order valence-electron chi connectivity index (χ0n) is 10.1. The summed E-state index contributed by atoms with van der Waals surface area (Å²) in [5.41, 5.74) is 3.28. The summed E-state index contributed by atoms with van der Waals surface area (Å²) < 4.78 is 5.78. The quantitative estimate of drug-likeness (QED) is 0.719. The molecule has 0 aliphatic heterocycles. The van der Waals surface area contributed by atoms with Crippen LogP contribution in [-0.2, 0) is 12.5 Å². The highest BCUT2D eigenvalue weighted by molar-refractivity contribution is 6.30. The molecule has 0 bridgehead atoms. The van der Waals surface area contributed by atoms with Gasteiger partial charge in [0.25, 0.3) is 0 Å². The zero-order valence-corrected chi connectivity index (χ0v) is 11.6. The Morgan fingerprint density at radius 2 is 1.94 bits per heavy atom. The van der Waals surface area contributed by atoms with Crippen molar-refractivity contribution in [2.45, 2.75) is 19.4 Å². The summed E-state index contributed by atoms with van der Waals surface area (Å²) >= 11 is 11.8. The van der Waals surface area contributed by atoms with Gasteiger partial charge in [-0.25, -0.2) is 0 Å². The lowest BCUT2D eigenvalue weighted by Crippen LogP contribution is -1.98. The third-order valence-electron chi connectivity index (χ3n) is 2.64. The minimum absolute atomic E-state index is 0.393. The SMILES string of the molecule is Cc1cccc(COc2ccc(Cl)cc2CCl)c1. The van der Waals surface area contributed by atoms with Crippen LogP contribution in [0, 0.1) is 6.92 Å². The van der Waals surface area contributed by atoms with Gasteiger partial charge in [-0.15, -0.1) is 11.6 Å². The van der Waals surface area contributed by atoms with Crippen molar-refractivity contribution in [1.29, 1.82) is 0 Å². The van der Waals surface area contributed by atoms with Crippen molar-refractivity contribution in [1.82, 2.24) is 0 Å². The first-order valence-corrected chi connectivity index (χ1v) is 6.63. The fourth-order valence-corrected chi connectivity index (χ4v) is 2.16. The molecule has 0 heterocycles. The van der Waals surface area contributed by atoms with E-state index in [0.717, 1.165) is 16.9 Å². The number of hydrogen-bond donors (Lipinski definition) is 0. The van der Waals surface area contributed by atoms with E-state index in [1.54, 1.807) is 0 Å². The van der Waals surface area contributed by atoms with E-state index in [-0.39, 0.29) is 0 Å². The zero-order chi connectivity index (χ0) is 13.0. The standard InChI is InChI=1S/C15H14Cl2O/c1-11-3-2-4-12(7-11)10-18-15-6-5-14(17)8-13(15)9-16/h2-8H,9-10H2,1H3. The van der Waals surface area contributed by atoms with Gasteiger partial charge in [-0.1, -0.05) is 41.4 Å². The van der Waals surface area contributed by atoms with E-state index in [4.69, 9.17) is 27.9 Å². The first kappa shape index (κ1) is 13.3. The Bertz CT molecular complexity index is 538. The first-order valence-electron chi connectivity index (χ1n) is 5.72. The van der Waals surface area contributed by atoms with Gasteiger partial charge in [0, 0.05) is 10.6 Å². The van der Waals surface area contributed by atoms with Crippen LogP contribution in [0.3, 0.4) is 0 Å². The molecule has 0 aromatic heterocycles. The van der Waals surface area contributed by atoms with Gasteiger partial charge in [-0.3, -0.25) is 0 Å². The number of hydrogen-bond acceptors (Lipinski definition) is 1. The maximum Gasteiger partial charge on any atom is 0.124 e. The Balaban J connectivity index is 2.10. The predicted molar refractivity (Wildman–Crippen MR) is 76.5 cm³/mol. The number of rotatable bonds is 4. The summed E-state index contributed by atoms with van der Waals surface area (Å²) in [5, 5.41) is 0.675. The Morgan fingerprint density at radius 3 is 2.67 bits per heavy atom. The summed E-state index contributed by atoms with van der Waals surface area (Å²) in [4.78, 5) is 0. The molecule has 0 amide bonds. The molecule has 0 aliphatic carbocycles. The minimum atomic E-state index is 0.393. The predicted octanol–water partition coefficient (Wildman–Crippen LogP) is 4.97. The largest absolute Gasteiger partial charge is 0.489 e. The van der Waals surface area contributed by atoms with Crippen LogP contribution in [0.25, 0.3) is 0 Å². The van der Waals surface area contributed by atoms with Crippen LogP contribution >= 0.6 is 23.2 Å². The highest BCUT2D eigenvalue weighted by Gasteiger charge is 2.04. The van der Waals surface area contributed by atoms with E-state index in [0.29, 0.717) is 17.5 Å². The van der Waals surface area contributed by atoms with Gasteiger partial charge in [0.1, 0.15) is 12.4 Å². The molecular weight excluding hydrogens is 267 g/mol. The smallest absolute Gasteiger partial charge is 0.124 e. The Kier molecular flexibility index (Phi) is 4.51. The van der Waals surface area contributed by atoms with Gasteiger partial charge in [0.15, 0.2) is 0 Å². The minimum Gasteiger partial charge on any atom is -0.489 e. The van der Waals surface area contributed by atoms with Crippen molar-refractivity contribution >= 4 is 23.2 Å². The van der Waals surface area contributed by atoms with Gasteiger partial charge in [0.2, 0.25) is 0 Å². The average Bonchev–Trinajstić information content (AvgIpc) is 2.37. The second-order valence-electron chi connectivity index (χ2n) is 4.16. The second-order valence-corrected chi connectivity index (χ2v) is 4.87. The van der Waals surface area contributed by atoms with E-state index in [9.17, 15) is 0 Å². The molecule has 0 fully saturated rings. The maximum atomic E-state index is 5.92. The second kappa shape index (κ2) is 6.12. The van der Waals surface area contributed by atoms with E-state index in [1.165, 1.54) is 5.56 Å². The number of aryl methyl sites for hydroxylation is 1. The van der Waals surface area contributed by atoms with Crippen molar-refractivity contribution in [3.63, 3.8) is 0 Å². The van der Waals surface area contributed by atoms with Crippen molar-refractivity contribution in [3.8, 4) is 5.75 Å². The topological polar surface area (TPSA) is 9.23 Å². The fraction of sp³-hybridized carbons (Fsp3) is 0.200. The van der Waals surface area contributed by atoms with Crippen LogP contribution < -0.4 is 4.74 Å². The summed E-state index contributed by atoms with van der Waals surface area (Å²) in [5.74, 6) is 1.18. The Hall–Kier alpha value is -1.18. The third-order valence-corrected chi connectivity index (χ3v) is 3.17. The van der Waals surface area contributed by atoms with E-state index >= 15 is 0 Å². The molecule has 0 radical (unpaired) electrons. The highest BCUT2D eigenvalue weighted by atomic mass is 35.5. The Labute approximate surface area is 117 Å². The van der Waals surface area contributed by atoms with Crippen molar-refractivity contribution in [3.05, 3.63) is 64.2 Å². The lowest BCUT2D eigenvalue weighted by Gasteiger charge is -2.10. The number of alkyl halides is 1. The summed E-state index contributed by atoms with van der Waals surface area (Å²) in [6, 6.07) is 13.7. The van der Waals surface area contributed by atoms with Crippen LogP contribution in [0.4, 0.5) is 0 Å². The lowest BCUT2D eigenvalue weighted by atomic mass is 10.1. The molecule has 0 N–H and O–H groups in total. The molecule has 2 rings (SSSR count). The molecule has 0 aliphatic rings. The lowest BCUT2D eigenvalue weighted by molar-refractivity contribution is 0.304. The maximum absolute atomic E-state index is 5.92. The van der Waals surface area contributed by atoms with Crippen molar-refractivity contribution in [2.75, 3.05) is 0 Å². The van der Waals surface area contributed by atoms with E-state index in [2.05, 4.69) is 19.1 Å². The van der Waals surface area contributed by atoms with Gasteiger partial charge >= 0.3 is 0 Å². The van der Waals surface area contributed by atoms with Crippen LogP contribution in [0.15, 0.2) is 42.5 Å². The molecular formula is C15H14Cl2O. The molecule has 18 heavy (non-hydrogen) atoms. The molecule has 0 atom stereocenters. The molecule has 1 nitrogen and oxygen atoms in total. The summed E-state index contributed by atoms with van der Waals surface area (Å²) in [7, 11) is 0. The molecule has 2 aromatic carbocycles. The number of ether oxygens (including phenoxy) is 1. The summed E-state index contributed by atoms with van der Waals surface area (Å²) in [6.07, 6.45) is 0. The fourth-order valence-electron chi connectivity index (χ4n) is 1.76. The van der Waals surface area contributed by atoms with Gasteiger partial charge in [0.05, 0.1) is 5.88 Å². The molecule has 3 heteroatoms. The molecule has 0 spiro atoms. The normalized spacial score (nSPS) is 10.4. The first-order chi connectivity index (χ1) is 8.69. The molecule has 0 unspecified atom stereocenters. The molecule has 0 saturated heterocycles. The average molecular weight is 281 g/mol. The van der Waals surface area contributed by atoms with Gasteiger partial charge in [-0.05, 0) is 30.7 Å². The molecule has 2 aromatic rings. The molecule has 94 valence electrons. The van der Waals surface area contributed by atoms with Crippen molar-refractivity contribution < 1.29 is 4.74 Å². The molecule has 0 saturated carbocycles. The van der Waals surface area contributed by atoms with Crippen LogP contribution in [0.2, 0.25) is 5.02 Å².